The molecule has 2 aromatic rings. The van der Waals surface area contributed by atoms with Crippen molar-refractivity contribution in [2.24, 2.45) is 11.3 Å². The highest BCUT2D eigenvalue weighted by Gasteiger charge is 2.74. The molecule has 6 nitrogen and oxygen atoms in total. The van der Waals surface area contributed by atoms with Gasteiger partial charge in [-0.2, -0.15) is 0 Å². The Hall–Kier alpha value is -2.06. The average molecular weight is 535 g/mol. The number of ether oxygens (including phenoxy) is 6. The third-order valence-corrected chi connectivity index (χ3v) is 9.64. The van der Waals surface area contributed by atoms with Gasteiger partial charge in [0.25, 0.3) is 0 Å². The first kappa shape index (κ1) is 27.1. The first-order valence-electron chi connectivity index (χ1n) is 14.3. The summed E-state index contributed by atoms with van der Waals surface area (Å²) in [6.07, 6.45) is 3.54. The van der Waals surface area contributed by atoms with E-state index in [-0.39, 0.29) is 18.1 Å². The van der Waals surface area contributed by atoms with E-state index in [0.29, 0.717) is 39.3 Å². The van der Waals surface area contributed by atoms with Gasteiger partial charge in [-0.1, -0.05) is 73.7 Å². The topological polar surface area (TPSA) is 55.4 Å². The fraction of sp³-hybridized carbons (Fsp3) is 0.576. The maximum absolute atomic E-state index is 7.04. The molecule has 1 spiro atoms. The Bertz CT molecular complexity index is 1160. The van der Waals surface area contributed by atoms with Gasteiger partial charge in [0, 0.05) is 17.8 Å². The number of rotatable bonds is 7. The van der Waals surface area contributed by atoms with Crippen molar-refractivity contribution >= 4 is 0 Å². The normalized spacial score (nSPS) is 38.3. The molecule has 4 fully saturated rings. The van der Waals surface area contributed by atoms with Gasteiger partial charge in [0.15, 0.2) is 11.6 Å². The predicted octanol–water partition coefficient (Wildman–Crippen LogP) is 6.19. The van der Waals surface area contributed by atoms with Crippen LogP contribution in [0.5, 0.6) is 0 Å². The molecule has 2 saturated heterocycles. The van der Waals surface area contributed by atoms with Crippen LogP contribution in [0.15, 0.2) is 73.3 Å². The molecule has 210 valence electrons. The first-order valence-corrected chi connectivity index (χ1v) is 14.3. The highest BCUT2D eigenvalue weighted by Crippen LogP contribution is 2.66. The van der Waals surface area contributed by atoms with Crippen molar-refractivity contribution in [2.45, 2.75) is 95.2 Å². The minimum absolute atomic E-state index is 0.0578. The molecule has 0 unspecified atom stereocenters. The lowest BCUT2D eigenvalue weighted by atomic mass is 9.48. The molecule has 6 rings (SSSR count). The van der Waals surface area contributed by atoms with Gasteiger partial charge in [-0.05, 0) is 44.7 Å². The fourth-order valence-corrected chi connectivity index (χ4v) is 7.82. The standard InChI is InChI=1S/C33H42O6/c1-6-32(37-23-25-15-11-8-12-16-25)26-19-31(5)27(38-29(2,3)39-31)20-30(26,4)33(35-17-18-36-33)21-28(32)34-22-24-13-9-7-10-14-24/h6-16,26-28H,1,17-23H2,2-5H3/t26-,27+,28-,30+,31-,32-/m1/s1. The zero-order valence-corrected chi connectivity index (χ0v) is 23.7. The lowest BCUT2D eigenvalue weighted by molar-refractivity contribution is -0.350. The van der Waals surface area contributed by atoms with Crippen LogP contribution < -0.4 is 0 Å². The van der Waals surface area contributed by atoms with Crippen molar-refractivity contribution in [3.8, 4) is 0 Å². The number of benzene rings is 2. The molecule has 0 amide bonds. The average Bonchev–Trinajstić information content (AvgIpc) is 3.49. The fourth-order valence-electron chi connectivity index (χ4n) is 7.82. The van der Waals surface area contributed by atoms with Crippen molar-refractivity contribution in [1.82, 2.24) is 0 Å². The molecule has 4 aliphatic rings. The summed E-state index contributed by atoms with van der Waals surface area (Å²) in [6.45, 7) is 14.9. The van der Waals surface area contributed by atoms with Gasteiger partial charge in [-0.15, -0.1) is 6.58 Å². The molecule has 2 aliphatic carbocycles. The predicted molar refractivity (Wildman–Crippen MR) is 148 cm³/mol. The second-order valence-electron chi connectivity index (χ2n) is 12.6. The molecular formula is C33H42O6. The molecule has 2 heterocycles. The van der Waals surface area contributed by atoms with Gasteiger partial charge < -0.3 is 28.4 Å². The van der Waals surface area contributed by atoms with Gasteiger partial charge in [0.1, 0.15) is 5.60 Å². The van der Waals surface area contributed by atoms with Crippen LogP contribution in [0, 0.1) is 11.3 Å². The molecule has 6 atom stereocenters. The molecular weight excluding hydrogens is 492 g/mol. The minimum atomic E-state index is -0.806. The lowest BCUT2D eigenvalue weighted by Crippen LogP contribution is -2.73. The number of fused-ring (bicyclic) bond motifs is 3. The summed E-state index contributed by atoms with van der Waals surface area (Å²) in [5.74, 6) is -1.53. The quantitative estimate of drug-likeness (QED) is 0.395. The van der Waals surface area contributed by atoms with E-state index >= 15 is 0 Å². The van der Waals surface area contributed by atoms with Crippen molar-refractivity contribution in [3.63, 3.8) is 0 Å². The summed E-state index contributed by atoms with van der Waals surface area (Å²) in [6, 6.07) is 20.6. The number of hydrogen-bond acceptors (Lipinski definition) is 6. The summed E-state index contributed by atoms with van der Waals surface area (Å²) in [4.78, 5) is 0. The van der Waals surface area contributed by atoms with Crippen LogP contribution >= 0.6 is 0 Å². The van der Waals surface area contributed by atoms with Crippen LogP contribution in [0.2, 0.25) is 0 Å². The zero-order valence-electron chi connectivity index (χ0n) is 23.7. The van der Waals surface area contributed by atoms with Gasteiger partial charge in [0.2, 0.25) is 0 Å². The third kappa shape index (κ3) is 4.50. The minimum Gasteiger partial charge on any atom is -0.370 e. The molecule has 0 aromatic heterocycles. The molecule has 6 heteroatoms. The molecule has 2 saturated carbocycles. The van der Waals surface area contributed by atoms with Crippen LogP contribution in [-0.4, -0.2) is 48.2 Å². The molecule has 2 aliphatic heterocycles. The molecule has 39 heavy (non-hydrogen) atoms. The van der Waals surface area contributed by atoms with Gasteiger partial charge in [-0.25, -0.2) is 0 Å². The Morgan fingerprint density at radius 2 is 1.46 bits per heavy atom. The summed E-state index contributed by atoms with van der Waals surface area (Å²) >= 11 is 0. The summed E-state index contributed by atoms with van der Waals surface area (Å²) in [7, 11) is 0. The second kappa shape index (κ2) is 9.79. The Morgan fingerprint density at radius 1 is 0.846 bits per heavy atom. The van der Waals surface area contributed by atoms with Gasteiger partial charge in [-0.3, -0.25) is 0 Å². The Kier molecular flexibility index (Phi) is 6.81. The number of hydrogen-bond donors (Lipinski definition) is 0. The Labute approximate surface area is 232 Å². The van der Waals surface area contributed by atoms with E-state index < -0.39 is 28.2 Å². The van der Waals surface area contributed by atoms with Crippen LogP contribution in [0.4, 0.5) is 0 Å². The third-order valence-electron chi connectivity index (χ3n) is 9.64. The summed E-state index contributed by atoms with van der Waals surface area (Å²) in [5, 5.41) is 0. The highest BCUT2D eigenvalue weighted by molar-refractivity contribution is 5.25. The maximum atomic E-state index is 7.04. The molecule has 0 radical (unpaired) electrons. The lowest BCUT2D eigenvalue weighted by Gasteiger charge is -2.65. The van der Waals surface area contributed by atoms with Crippen LogP contribution in [-0.2, 0) is 41.6 Å². The van der Waals surface area contributed by atoms with Gasteiger partial charge in [0.05, 0.1) is 44.2 Å². The van der Waals surface area contributed by atoms with E-state index in [0.717, 1.165) is 17.5 Å². The van der Waals surface area contributed by atoms with Crippen LogP contribution in [0.3, 0.4) is 0 Å². The second-order valence-corrected chi connectivity index (χ2v) is 12.6. The van der Waals surface area contributed by atoms with E-state index in [1.165, 1.54) is 0 Å². The SMILES string of the molecule is C=C[C@]1(OCc2ccccc2)[C@H](OCc2ccccc2)CC2(OCCO2)[C@@]2(C)C[C@@H]3OC(C)(C)O[C@]3(C)C[C@@H]12. The monoisotopic (exact) mass is 534 g/mol. The maximum Gasteiger partial charge on any atom is 0.176 e. The van der Waals surface area contributed by atoms with E-state index in [1.54, 1.807) is 0 Å². The smallest absolute Gasteiger partial charge is 0.176 e. The molecule has 2 aromatic carbocycles. The van der Waals surface area contributed by atoms with Crippen molar-refractivity contribution in [3.05, 3.63) is 84.4 Å². The summed E-state index contributed by atoms with van der Waals surface area (Å²) < 4.78 is 40.1. The van der Waals surface area contributed by atoms with Crippen molar-refractivity contribution in [1.29, 1.82) is 0 Å². The van der Waals surface area contributed by atoms with Crippen molar-refractivity contribution < 1.29 is 28.4 Å². The molecule has 0 N–H and O–H groups in total. The first-order chi connectivity index (χ1) is 18.6. The van der Waals surface area contributed by atoms with Crippen LogP contribution in [0.25, 0.3) is 0 Å². The molecule has 0 bridgehead atoms. The van der Waals surface area contributed by atoms with E-state index in [2.05, 4.69) is 44.7 Å². The van der Waals surface area contributed by atoms with E-state index in [1.807, 2.05) is 56.3 Å². The Morgan fingerprint density at radius 3 is 2.08 bits per heavy atom. The largest absolute Gasteiger partial charge is 0.370 e. The van der Waals surface area contributed by atoms with Crippen molar-refractivity contribution in [2.75, 3.05) is 13.2 Å². The Balaban J connectivity index is 1.43. The summed E-state index contributed by atoms with van der Waals surface area (Å²) in [5.41, 5.74) is 0.509. The zero-order chi connectivity index (χ0) is 27.4. The van der Waals surface area contributed by atoms with E-state index in [9.17, 15) is 0 Å². The van der Waals surface area contributed by atoms with Crippen LogP contribution in [0.1, 0.15) is 58.1 Å². The highest BCUT2D eigenvalue weighted by atomic mass is 16.8. The van der Waals surface area contributed by atoms with E-state index in [4.69, 9.17) is 28.4 Å². The van der Waals surface area contributed by atoms with Gasteiger partial charge >= 0.3 is 0 Å².